The van der Waals surface area contributed by atoms with Gasteiger partial charge in [-0.3, -0.25) is 0 Å². The maximum absolute atomic E-state index is 9.65. The second kappa shape index (κ2) is 2.87. The molecule has 0 saturated heterocycles. The molecule has 2 aromatic heterocycles. The van der Waals surface area contributed by atoms with Crippen LogP contribution in [0.15, 0.2) is 46.0 Å². The Balaban J connectivity index is 2.27. The summed E-state index contributed by atoms with van der Waals surface area (Å²) in [6.45, 7) is 0. The van der Waals surface area contributed by atoms with Gasteiger partial charge in [-0.25, -0.2) is 0 Å². The molecule has 0 amide bonds. The smallest absolute Gasteiger partial charge is 0.110 e. The van der Waals surface area contributed by atoms with Crippen LogP contribution in [-0.4, -0.2) is 5.11 Å². The van der Waals surface area contributed by atoms with Gasteiger partial charge in [0.2, 0.25) is 0 Å². The van der Waals surface area contributed by atoms with Gasteiger partial charge in [0.25, 0.3) is 0 Å². The fourth-order valence-corrected chi connectivity index (χ4v) is 1.05. The van der Waals surface area contributed by atoms with Crippen molar-refractivity contribution < 1.29 is 13.9 Å². The first kappa shape index (κ1) is 7.18. The van der Waals surface area contributed by atoms with Crippen LogP contribution >= 0.6 is 0 Å². The highest BCUT2D eigenvalue weighted by atomic mass is 16.3. The van der Waals surface area contributed by atoms with Crippen molar-refractivity contribution in [3.63, 3.8) is 0 Å². The van der Waals surface area contributed by atoms with Crippen molar-refractivity contribution >= 4 is 0 Å². The van der Waals surface area contributed by atoms with Crippen LogP contribution in [0.4, 0.5) is 0 Å². The Kier molecular flexibility index (Phi) is 1.72. The van der Waals surface area contributed by atoms with Crippen LogP contribution in [0.5, 0.6) is 0 Å². The van der Waals surface area contributed by atoms with Crippen LogP contribution in [0.2, 0.25) is 0 Å². The molecule has 0 aliphatic carbocycles. The van der Waals surface area contributed by atoms with Crippen LogP contribution in [0.25, 0.3) is 0 Å². The zero-order chi connectivity index (χ0) is 8.39. The largest absolute Gasteiger partial charge is 0.472 e. The first-order chi connectivity index (χ1) is 5.88. The number of aliphatic hydroxyl groups is 1. The Morgan fingerprint density at radius 3 is 1.83 bits per heavy atom. The van der Waals surface area contributed by atoms with Crippen molar-refractivity contribution in [2.24, 2.45) is 0 Å². The van der Waals surface area contributed by atoms with Gasteiger partial charge in [-0.05, 0) is 12.1 Å². The number of furan rings is 2. The summed E-state index contributed by atoms with van der Waals surface area (Å²) < 4.78 is 9.69. The summed E-state index contributed by atoms with van der Waals surface area (Å²) in [6.07, 6.45) is 5.43. The average molecular weight is 164 g/mol. The molecule has 1 N–H and O–H groups in total. The molecule has 0 aromatic carbocycles. The van der Waals surface area contributed by atoms with Gasteiger partial charge in [-0.1, -0.05) is 0 Å². The van der Waals surface area contributed by atoms with E-state index in [0.29, 0.717) is 0 Å². The van der Waals surface area contributed by atoms with Gasteiger partial charge in [0.05, 0.1) is 25.1 Å². The van der Waals surface area contributed by atoms with Crippen LogP contribution in [0.1, 0.15) is 17.2 Å². The second-order valence-electron chi connectivity index (χ2n) is 2.52. The van der Waals surface area contributed by atoms with E-state index in [1.54, 1.807) is 12.1 Å². The van der Waals surface area contributed by atoms with Crippen molar-refractivity contribution in [1.29, 1.82) is 0 Å². The summed E-state index contributed by atoms with van der Waals surface area (Å²) in [7, 11) is 0. The Hall–Kier alpha value is -1.48. The third-order valence-corrected chi connectivity index (χ3v) is 1.72. The van der Waals surface area contributed by atoms with Gasteiger partial charge in [-0.2, -0.15) is 0 Å². The maximum Gasteiger partial charge on any atom is 0.110 e. The van der Waals surface area contributed by atoms with Gasteiger partial charge in [0, 0.05) is 11.1 Å². The van der Waals surface area contributed by atoms with E-state index in [0.717, 1.165) is 11.1 Å². The Bertz CT molecular complexity index is 286. The highest BCUT2D eigenvalue weighted by Crippen LogP contribution is 2.21. The second-order valence-corrected chi connectivity index (χ2v) is 2.52. The predicted octanol–water partition coefficient (Wildman–Crippen LogP) is 1.95. The number of rotatable bonds is 2. The van der Waals surface area contributed by atoms with E-state index in [2.05, 4.69) is 0 Å². The van der Waals surface area contributed by atoms with Crippen molar-refractivity contribution in [3.8, 4) is 0 Å². The number of hydrogen-bond acceptors (Lipinski definition) is 3. The molecule has 2 aromatic rings. The monoisotopic (exact) mass is 164 g/mol. The summed E-state index contributed by atoms with van der Waals surface area (Å²) in [5, 5.41) is 9.65. The minimum absolute atomic E-state index is 0.650. The van der Waals surface area contributed by atoms with E-state index in [1.165, 1.54) is 25.1 Å². The Morgan fingerprint density at radius 2 is 1.50 bits per heavy atom. The fraction of sp³-hybridized carbons (Fsp3) is 0.111. The van der Waals surface area contributed by atoms with Gasteiger partial charge >= 0.3 is 0 Å². The molecule has 0 unspecified atom stereocenters. The van der Waals surface area contributed by atoms with Crippen LogP contribution in [-0.2, 0) is 0 Å². The highest BCUT2D eigenvalue weighted by Gasteiger charge is 2.11. The van der Waals surface area contributed by atoms with Crippen molar-refractivity contribution in [2.75, 3.05) is 0 Å². The normalized spacial score (nSPS) is 10.8. The SMILES string of the molecule is OC(c1ccoc1)c1ccoc1. The zero-order valence-corrected chi connectivity index (χ0v) is 6.31. The summed E-state index contributed by atoms with van der Waals surface area (Å²) >= 11 is 0. The topological polar surface area (TPSA) is 46.5 Å². The molecule has 0 bridgehead atoms. The maximum atomic E-state index is 9.65. The molecule has 62 valence electrons. The van der Waals surface area contributed by atoms with Gasteiger partial charge in [-0.15, -0.1) is 0 Å². The molecule has 3 heteroatoms. The molecule has 12 heavy (non-hydrogen) atoms. The molecule has 3 nitrogen and oxygen atoms in total. The molecule has 0 atom stereocenters. The van der Waals surface area contributed by atoms with Crippen molar-refractivity contribution in [3.05, 3.63) is 48.3 Å². The Morgan fingerprint density at radius 1 is 1.00 bits per heavy atom. The summed E-state index contributed by atoms with van der Waals surface area (Å²) in [6, 6.07) is 3.44. The molecule has 2 rings (SSSR count). The van der Waals surface area contributed by atoms with Gasteiger partial charge in [0.15, 0.2) is 0 Å². The van der Waals surface area contributed by atoms with Crippen molar-refractivity contribution in [2.45, 2.75) is 6.10 Å². The lowest BCUT2D eigenvalue weighted by Gasteiger charge is -2.02. The van der Waals surface area contributed by atoms with Crippen LogP contribution < -0.4 is 0 Å². The van der Waals surface area contributed by atoms with E-state index < -0.39 is 6.10 Å². The number of aliphatic hydroxyl groups excluding tert-OH is 1. The molecule has 2 heterocycles. The summed E-state index contributed by atoms with van der Waals surface area (Å²) in [5.74, 6) is 0. The van der Waals surface area contributed by atoms with Crippen LogP contribution in [0, 0.1) is 0 Å². The van der Waals surface area contributed by atoms with Gasteiger partial charge in [0.1, 0.15) is 6.10 Å². The zero-order valence-electron chi connectivity index (χ0n) is 6.31. The molecule has 0 saturated carbocycles. The first-order valence-electron chi connectivity index (χ1n) is 3.60. The van der Waals surface area contributed by atoms with E-state index in [4.69, 9.17) is 8.83 Å². The Labute approximate surface area is 69.2 Å². The third kappa shape index (κ3) is 1.14. The summed E-state index contributed by atoms with van der Waals surface area (Å²) in [4.78, 5) is 0. The lowest BCUT2D eigenvalue weighted by atomic mass is 10.1. The molecule has 0 aliphatic rings. The van der Waals surface area contributed by atoms with E-state index in [-0.39, 0.29) is 0 Å². The molecule has 0 fully saturated rings. The van der Waals surface area contributed by atoms with E-state index >= 15 is 0 Å². The van der Waals surface area contributed by atoms with Crippen LogP contribution in [0.3, 0.4) is 0 Å². The minimum atomic E-state index is -0.650. The standard InChI is InChI=1S/C9H8O3/c10-9(7-1-3-11-5-7)8-2-4-12-6-8/h1-6,9-10H. The van der Waals surface area contributed by atoms with Gasteiger partial charge < -0.3 is 13.9 Å². The van der Waals surface area contributed by atoms with E-state index in [1.807, 2.05) is 0 Å². The number of hydrogen-bond donors (Lipinski definition) is 1. The lowest BCUT2D eigenvalue weighted by Crippen LogP contribution is -1.94. The fourth-order valence-electron chi connectivity index (χ4n) is 1.05. The molecule has 0 spiro atoms. The quantitative estimate of drug-likeness (QED) is 0.737. The van der Waals surface area contributed by atoms with E-state index in [9.17, 15) is 5.11 Å². The third-order valence-electron chi connectivity index (χ3n) is 1.72. The molecule has 0 aliphatic heterocycles. The van der Waals surface area contributed by atoms with Crippen molar-refractivity contribution in [1.82, 2.24) is 0 Å². The average Bonchev–Trinajstić information content (AvgIpc) is 2.77. The molecular formula is C9H8O3. The molecular weight excluding hydrogens is 156 g/mol. The summed E-state index contributed by atoms with van der Waals surface area (Å²) in [5.41, 5.74) is 1.47. The highest BCUT2D eigenvalue weighted by molar-refractivity contribution is 5.23. The minimum Gasteiger partial charge on any atom is -0.472 e. The predicted molar refractivity (Wildman–Crippen MR) is 41.5 cm³/mol. The first-order valence-corrected chi connectivity index (χ1v) is 3.60. The molecule has 0 radical (unpaired) electrons. The lowest BCUT2D eigenvalue weighted by molar-refractivity contribution is 0.218.